The Morgan fingerprint density at radius 2 is 1.72 bits per heavy atom. The first-order valence-corrected chi connectivity index (χ1v) is 10.9. The van der Waals surface area contributed by atoms with Crippen LogP contribution < -0.4 is 0 Å². The lowest BCUT2D eigenvalue weighted by Crippen LogP contribution is -2.43. The van der Waals surface area contributed by atoms with E-state index in [-0.39, 0.29) is 30.6 Å². The molecule has 0 spiro atoms. The molecule has 3 aromatic rings. The van der Waals surface area contributed by atoms with Crippen LogP contribution in [-0.2, 0) is 24.3 Å². The topological polar surface area (TPSA) is 36.7 Å². The Labute approximate surface area is 188 Å². The second-order valence-corrected chi connectivity index (χ2v) is 8.27. The average molecular weight is 441 g/mol. The van der Waals surface area contributed by atoms with E-state index in [4.69, 9.17) is 4.42 Å². The van der Waals surface area contributed by atoms with E-state index < -0.39 is 11.6 Å². The number of rotatable bonds is 10. The quantitative estimate of drug-likeness (QED) is 0.427. The molecule has 2 aromatic carbocycles. The first-order valence-electron chi connectivity index (χ1n) is 10.9. The highest BCUT2D eigenvalue weighted by Gasteiger charge is 2.22. The summed E-state index contributed by atoms with van der Waals surface area (Å²) in [6.45, 7) is 6.89. The van der Waals surface area contributed by atoms with Gasteiger partial charge in [-0.25, -0.2) is 8.78 Å². The summed E-state index contributed by atoms with van der Waals surface area (Å²) in [5.74, 6) is -0.315. The Bertz CT molecular complexity index is 1020. The molecule has 0 bridgehead atoms. The van der Waals surface area contributed by atoms with Gasteiger partial charge in [-0.3, -0.25) is 9.69 Å². The van der Waals surface area contributed by atoms with E-state index in [2.05, 4.69) is 0 Å². The molecule has 0 unspecified atom stereocenters. The van der Waals surface area contributed by atoms with Gasteiger partial charge in [-0.1, -0.05) is 42.5 Å². The normalized spacial score (nSPS) is 11.3. The van der Waals surface area contributed by atoms with E-state index in [0.717, 1.165) is 23.2 Å². The highest BCUT2D eigenvalue weighted by molar-refractivity contribution is 5.78. The first-order chi connectivity index (χ1) is 15.3. The van der Waals surface area contributed by atoms with E-state index >= 15 is 0 Å². The highest BCUT2D eigenvalue weighted by atomic mass is 19.2. The second-order valence-electron chi connectivity index (χ2n) is 8.27. The summed E-state index contributed by atoms with van der Waals surface area (Å²) in [7, 11) is 0. The maximum Gasteiger partial charge on any atom is 0.237 e. The van der Waals surface area contributed by atoms with Crippen molar-refractivity contribution in [2.75, 3.05) is 13.1 Å². The van der Waals surface area contributed by atoms with E-state index in [0.29, 0.717) is 19.5 Å². The Kier molecular flexibility index (Phi) is 8.17. The van der Waals surface area contributed by atoms with Crippen molar-refractivity contribution in [2.45, 2.75) is 46.3 Å². The third-order valence-corrected chi connectivity index (χ3v) is 5.48. The third kappa shape index (κ3) is 6.50. The molecule has 1 amide bonds. The van der Waals surface area contributed by atoms with E-state index in [1.165, 1.54) is 6.07 Å². The Balaban J connectivity index is 1.74. The van der Waals surface area contributed by atoms with Crippen molar-refractivity contribution in [3.8, 4) is 0 Å². The van der Waals surface area contributed by atoms with Gasteiger partial charge in [-0.15, -0.1) is 0 Å². The fourth-order valence-corrected chi connectivity index (χ4v) is 3.54. The lowest BCUT2D eigenvalue weighted by Gasteiger charge is -2.30. The highest BCUT2D eigenvalue weighted by Crippen LogP contribution is 2.17. The predicted molar refractivity (Wildman–Crippen MR) is 121 cm³/mol. The maximum atomic E-state index is 14.2. The van der Waals surface area contributed by atoms with Gasteiger partial charge in [0.25, 0.3) is 0 Å². The zero-order valence-corrected chi connectivity index (χ0v) is 18.9. The summed E-state index contributed by atoms with van der Waals surface area (Å²) in [6, 6.07) is 17.9. The van der Waals surface area contributed by atoms with Crippen molar-refractivity contribution in [2.24, 2.45) is 0 Å². The first kappa shape index (κ1) is 23.7. The summed E-state index contributed by atoms with van der Waals surface area (Å²) in [5, 5.41) is 0. The van der Waals surface area contributed by atoms with Crippen LogP contribution in [0.3, 0.4) is 0 Å². The smallest absolute Gasteiger partial charge is 0.237 e. The number of amides is 1. The lowest BCUT2D eigenvalue weighted by atomic mass is 10.1. The minimum Gasteiger partial charge on any atom is -0.464 e. The van der Waals surface area contributed by atoms with Crippen LogP contribution in [0.1, 0.15) is 36.5 Å². The molecule has 0 aliphatic rings. The zero-order valence-electron chi connectivity index (χ0n) is 18.9. The van der Waals surface area contributed by atoms with Crippen molar-refractivity contribution in [1.29, 1.82) is 0 Å². The molecule has 0 radical (unpaired) electrons. The number of hydrogen-bond donors (Lipinski definition) is 0. The van der Waals surface area contributed by atoms with E-state index in [1.54, 1.807) is 11.0 Å². The number of nitrogens with zero attached hydrogens (tertiary/aromatic N) is 2. The van der Waals surface area contributed by atoms with Crippen molar-refractivity contribution < 1.29 is 18.0 Å². The van der Waals surface area contributed by atoms with Crippen LogP contribution in [-0.4, -0.2) is 34.8 Å². The fraction of sp³-hybridized carbons (Fsp3) is 0.346. The Morgan fingerprint density at radius 3 is 2.38 bits per heavy atom. The molecule has 1 aromatic heterocycles. The van der Waals surface area contributed by atoms with Crippen LogP contribution >= 0.6 is 0 Å². The minimum absolute atomic E-state index is 0.0246. The molecule has 3 rings (SSSR count). The molecule has 0 saturated heterocycles. The van der Waals surface area contributed by atoms with E-state index in [1.807, 2.05) is 68.1 Å². The minimum atomic E-state index is -0.879. The summed E-state index contributed by atoms with van der Waals surface area (Å²) in [4.78, 5) is 16.9. The summed E-state index contributed by atoms with van der Waals surface area (Å²) in [5.41, 5.74) is 1.38. The van der Waals surface area contributed by atoms with E-state index in [9.17, 15) is 13.6 Å². The van der Waals surface area contributed by atoms with Gasteiger partial charge in [0.05, 0.1) is 13.1 Å². The van der Waals surface area contributed by atoms with Gasteiger partial charge in [0.2, 0.25) is 5.91 Å². The van der Waals surface area contributed by atoms with Crippen molar-refractivity contribution >= 4 is 5.91 Å². The number of furan rings is 1. The molecule has 6 heteroatoms. The number of hydrogen-bond acceptors (Lipinski definition) is 3. The molecule has 0 aliphatic heterocycles. The zero-order chi connectivity index (χ0) is 23.1. The standard InChI is InChI=1S/C26H30F2N2O2/c1-19(2)30(16-22-10-7-11-24(27)26(22)28)18-25(31)29(17-23-13-12-20(3)32-23)15-14-21-8-5-4-6-9-21/h4-13,19H,14-18H2,1-3H3. The molecule has 170 valence electrons. The maximum absolute atomic E-state index is 14.2. The summed E-state index contributed by atoms with van der Waals surface area (Å²) >= 11 is 0. The SMILES string of the molecule is Cc1ccc(CN(CCc2ccccc2)C(=O)CN(Cc2cccc(F)c2F)C(C)C)o1. The molecular weight excluding hydrogens is 410 g/mol. The van der Waals surface area contributed by atoms with Gasteiger partial charge in [-0.2, -0.15) is 0 Å². The monoisotopic (exact) mass is 440 g/mol. The predicted octanol–water partition coefficient (Wildman–Crippen LogP) is 5.35. The number of carbonyl (C=O) groups excluding carboxylic acids is 1. The van der Waals surface area contributed by atoms with Gasteiger partial charge >= 0.3 is 0 Å². The number of halogens is 2. The molecule has 0 atom stereocenters. The van der Waals surface area contributed by atoms with Crippen LogP contribution in [0.5, 0.6) is 0 Å². The molecule has 0 aliphatic carbocycles. The summed E-state index contributed by atoms with van der Waals surface area (Å²) in [6.07, 6.45) is 0.715. The molecule has 1 heterocycles. The number of carbonyl (C=O) groups is 1. The van der Waals surface area contributed by atoms with Gasteiger partial charge in [0.15, 0.2) is 11.6 Å². The Morgan fingerprint density at radius 1 is 0.969 bits per heavy atom. The average Bonchev–Trinajstić information content (AvgIpc) is 3.19. The molecular formula is C26H30F2N2O2. The molecule has 32 heavy (non-hydrogen) atoms. The van der Waals surface area contributed by atoms with Gasteiger partial charge in [-0.05, 0) is 51.0 Å². The summed E-state index contributed by atoms with van der Waals surface area (Å²) < 4.78 is 33.6. The van der Waals surface area contributed by atoms with Crippen molar-refractivity contribution in [1.82, 2.24) is 9.80 Å². The largest absolute Gasteiger partial charge is 0.464 e. The van der Waals surface area contributed by atoms with Crippen LogP contribution in [0.4, 0.5) is 8.78 Å². The van der Waals surface area contributed by atoms with Crippen molar-refractivity contribution in [3.63, 3.8) is 0 Å². The second kappa shape index (κ2) is 11.0. The van der Waals surface area contributed by atoms with Gasteiger partial charge in [0, 0.05) is 24.7 Å². The van der Waals surface area contributed by atoms with Crippen LogP contribution in [0, 0.1) is 18.6 Å². The number of aryl methyl sites for hydroxylation is 1. The molecule has 0 N–H and O–H groups in total. The number of benzene rings is 2. The lowest BCUT2D eigenvalue weighted by molar-refractivity contribution is -0.134. The third-order valence-electron chi connectivity index (χ3n) is 5.48. The molecule has 4 nitrogen and oxygen atoms in total. The van der Waals surface area contributed by atoms with Crippen molar-refractivity contribution in [3.05, 3.63) is 94.9 Å². The van der Waals surface area contributed by atoms with Gasteiger partial charge in [0.1, 0.15) is 11.5 Å². The van der Waals surface area contributed by atoms with Crippen LogP contribution in [0.25, 0.3) is 0 Å². The Hall–Kier alpha value is -2.99. The molecule has 0 fully saturated rings. The van der Waals surface area contributed by atoms with Crippen LogP contribution in [0.2, 0.25) is 0 Å². The van der Waals surface area contributed by atoms with Crippen LogP contribution in [0.15, 0.2) is 65.1 Å². The van der Waals surface area contributed by atoms with Gasteiger partial charge < -0.3 is 9.32 Å². The fourth-order valence-electron chi connectivity index (χ4n) is 3.54. The molecule has 0 saturated carbocycles.